The van der Waals surface area contributed by atoms with Gasteiger partial charge >= 0.3 is 0 Å². The minimum atomic E-state index is -0.201. The summed E-state index contributed by atoms with van der Waals surface area (Å²) in [6.07, 6.45) is 0. The number of aromatic nitrogens is 1. The molecular weight excluding hydrogens is 346 g/mol. The van der Waals surface area contributed by atoms with Crippen LogP contribution in [0.1, 0.15) is 15.9 Å². The summed E-state index contributed by atoms with van der Waals surface area (Å²) in [5, 5.41) is 10.9. The highest BCUT2D eigenvalue weighted by atomic mass is 79.9. The van der Waals surface area contributed by atoms with Gasteiger partial charge in [0.15, 0.2) is 5.88 Å². The predicted octanol–water partition coefficient (Wildman–Crippen LogP) is 3.54. The van der Waals surface area contributed by atoms with Crippen molar-refractivity contribution in [1.82, 2.24) is 4.98 Å². The number of nitrogens with one attached hydrogen (secondary N) is 1. The number of halogens is 1. The standard InChI is InChI=1S/C16H10BrN3O2/c17-9-6-12-8(5-10(9)18)13(16(22)20-12)14-15(21)7-3-1-2-4-11(7)19-14/h1-6,20,22H,18H2. The SMILES string of the molecule is Nc1cc2c(C3=Nc4ccccc4C3=O)c(O)[nH]c2cc1Br. The van der Waals surface area contributed by atoms with Gasteiger partial charge in [-0.25, -0.2) is 4.99 Å². The second-order valence-corrected chi connectivity index (χ2v) is 5.93. The molecule has 0 fully saturated rings. The fourth-order valence-corrected chi connectivity index (χ4v) is 3.03. The molecule has 1 aliphatic rings. The molecule has 0 bridgehead atoms. The summed E-state index contributed by atoms with van der Waals surface area (Å²) in [6, 6.07) is 10.6. The first-order valence-electron chi connectivity index (χ1n) is 6.58. The highest BCUT2D eigenvalue weighted by molar-refractivity contribution is 9.10. The summed E-state index contributed by atoms with van der Waals surface area (Å²) in [5.41, 5.74) is 8.88. The molecule has 0 aliphatic carbocycles. The van der Waals surface area contributed by atoms with Gasteiger partial charge in [0.05, 0.1) is 16.8 Å². The monoisotopic (exact) mass is 355 g/mol. The number of rotatable bonds is 1. The Morgan fingerprint density at radius 3 is 2.77 bits per heavy atom. The van der Waals surface area contributed by atoms with Gasteiger partial charge in [-0.05, 0) is 40.2 Å². The zero-order valence-corrected chi connectivity index (χ0v) is 12.8. The molecule has 108 valence electrons. The van der Waals surface area contributed by atoms with Gasteiger partial charge in [-0.3, -0.25) is 4.79 Å². The Hall–Kier alpha value is -2.60. The number of hydrogen-bond donors (Lipinski definition) is 3. The molecule has 22 heavy (non-hydrogen) atoms. The van der Waals surface area contributed by atoms with E-state index in [1.54, 1.807) is 30.3 Å². The molecule has 2 heterocycles. The third kappa shape index (κ3) is 1.70. The predicted molar refractivity (Wildman–Crippen MR) is 89.0 cm³/mol. The van der Waals surface area contributed by atoms with Gasteiger partial charge in [0.1, 0.15) is 5.71 Å². The number of aromatic amines is 1. The zero-order valence-electron chi connectivity index (χ0n) is 11.2. The first kappa shape index (κ1) is 13.1. The molecule has 0 atom stereocenters. The molecule has 1 aliphatic heterocycles. The maximum absolute atomic E-state index is 12.5. The normalized spacial score (nSPS) is 13.5. The van der Waals surface area contributed by atoms with Crippen LogP contribution in [0.5, 0.6) is 5.88 Å². The number of aromatic hydroxyl groups is 1. The second-order valence-electron chi connectivity index (χ2n) is 5.07. The van der Waals surface area contributed by atoms with Crippen molar-refractivity contribution in [1.29, 1.82) is 0 Å². The minimum Gasteiger partial charge on any atom is -0.494 e. The highest BCUT2D eigenvalue weighted by Gasteiger charge is 2.30. The number of fused-ring (bicyclic) bond motifs is 2. The summed E-state index contributed by atoms with van der Waals surface area (Å²) >= 11 is 3.34. The van der Waals surface area contributed by atoms with Crippen molar-refractivity contribution in [3.05, 3.63) is 52.0 Å². The van der Waals surface area contributed by atoms with Crippen LogP contribution >= 0.6 is 15.9 Å². The lowest BCUT2D eigenvalue weighted by atomic mass is 10.0. The quantitative estimate of drug-likeness (QED) is 0.583. The molecule has 0 saturated heterocycles. The van der Waals surface area contributed by atoms with Crippen LogP contribution in [-0.4, -0.2) is 21.6 Å². The summed E-state index contributed by atoms with van der Waals surface area (Å²) < 4.78 is 0.718. The number of carbonyl (C=O) groups is 1. The Kier molecular flexibility index (Phi) is 2.65. The first-order chi connectivity index (χ1) is 10.6. The molecule has 0 unspecified atom stereocenters. The number of H-pyrrole nitrogens is 1. The smallest absolute Gasteiger partial charge is 0.214 e. The molecule has 5 nitrogen and oxygen atoms in total. The van der Waals surface area contributed by atoms with Crippen molar-refractivity contribution in [2.75, 3.05) is 5.73 Å². The van der Waals surface area contributed by atoms with Crippen molar-refractivity contribution in [2.24, 2.45) is 4.99 Å². The number of nitrogens with zero attached hydrogens (tertiary/aromatic N) is 1. The van der Waals surface area contributed by atoms with Crippen molar-refractivity contribution < 1.29 is 9.90 Å². The number of anilines is 1. The summed E-state index contributed by atoms with van der Waals surface area (Å²) in [7, 11) is 0. The van der Waals surface area contributed by atoms with Crippen molar-refractivity contribution in [3.63, 3.8) is 0 Å². The number of Topliss-reactive ketones (excluding diaryl/α,β-unsaturated/α-hetero) is 1. The van der Waals surface area contributed by atoms with Crippen LogP contribution in [0.3, 0.4) is 0 Å². The van der Waals surface area contributed by atoms with Gasteiger partial charge in [0.25, 0.3) is 0 Å². The molecule has 1 aromatic heterocycles. The van der Waals surface area contributed by atoms with E-state index in [0.717, 1.165) is 4.47 Å². The summed E-state index contributed by atoms with van der Waals surface area (Å²) in [5.74, 6) is -0.291. The van der Waals surface area contributed by atoms with E-state index in [0.29, 0.717) is 33.4 Å². The van der Waals surface area contributed by atoms with Gasteiger partial charge in [0, 0.05) is 21.1 Å². The third-order valence-electron chi connectivity index (χ3n) is 3.73. The van der Waals surface area contributed by atoms with E-state index < -0.39 is 0 Å². The molecule has 3 aromatic rings. The van der Waals surface area contributed by atoms with Crippen LogP contribution in [-0.2, 0) is 0 Å². The molecule has 2 aromatic carbocycles. The zero-order chi connectivity index (χ0) is 15.4. The summed E-state index contributed by atoms with van der Waals surface area (Å²) in [6.45, 7) is 0. The number of ketones is 1. The molecular formula is C16H10BrN3O2. The Balaban J connectivity index is 1.99. The Morgan fingerprint density at radius 2 is 2.00 bits per heavy atom. The summed E-state index contributed by atoms with van der Waals surface area (Å²) in [4.78, 5) is 19.8. The molecule has 4 rings (SSSR count). The number of para-hydroxylation sites is 1. The Labute approximate surface area is 133 Å². The van der Waals surface area contributed by atoms with Gasteiger partial charge in [-0.15, -0.1) is 0 Å². The topological polar surface area (TPSA) is 91.5 Å². The molecule has 0 spiro atoms. The van der Waals surface area contributed by atoms with Gasteiger partial charge < -0.3 is 15.8 Å². The Morgan fingerprint density at radius 1 is 1.23 bits per heavy atom. The molecule has 4 N–H and O–H groups in total. The lowest BCUT2D eigenvalue weighted by molar-refractivity contribution is 0.107. The molecule has 6 heteroatoms. The number of benzene rings is 2. The van der Waals surface area contributed by atoms with E-state index >= 15 is 0 Å². The maximum Gasteiger partial charge on any atom is 0.214 e. The fourth-order valence-electron chi connectivity index (χ4n) is 2.69. The average molecular weight is 356 g/mol. The van der Waals surface area contributed by atoms with E-state index in [4.69, 9.17) is 5.73 Å². The van der Waals surface area contributed by atoms with Crippen LogP contribution < -0.4 is 5.73 Å². The van der Waals surface area contributed by atoms with Crippen molar-refractivity contribution in [3.8, 4) is 5.88 Å². The van der Waals surface area contributed by atoms with Crippen LogP contribution in [0.2, 0.25) is 0 Å². The Bertz CT molecular complexity index is 988. The third-order valence-corrected chi connectivity index (χ3v) is 4.42. The molecule has 0 saturated carbocycles. The number of nitrogens with two attached hydrogens (primary N) is 1. The maximum atomic E-state index is 12.5. The second kappa shape index (κ2) is 4.45. The van der Waals surface area contributed by atoms with Crippen LogP contribution in [0, 0.1) is 0 Å². The first-order valence-corrected chi connectivity index (χ1v) is 7.38. The number of nitrogen functional groups attached to an aromatic ring is 1. The lowest BCUT2D eigenvalue weighted by Crippen LogP contribution is -2.10. The number of carbonyl (C=O) groups excluding carboxylic acids is 1. The van der Waals surface area contributed by atoms with E-state index in [1.807, 2.05) is 6.07 Å². The van der Waals surface area contributed by atoms with E-state index in [9.17, 15) is 9.90 Å². The largest absolute Gasteiger partial charge is 0.494 e. The van der Waals surface area contributed by atoms with Crippen molar-refractivity contribution >= 4 is 49.7 Å². The van der Waals surface area contributed by atoms with E-state index in [-0.39, 0.29) is 17.4 Å². The number of hydrogen-bond acceptors (Lipinski definition) is 4. The average Bonchev–Trinajstić information content (AvgIpc) is 2.97. The van der Waals surface area contributed by atoms with Crippen LogP contribution in [0.15, 0.2) is 45.9 Å². The van der Waals surface area contributed by atoms with Crippen LogP contribution in [0.4, 0.5) is 11.4 Å². The number of aliphatic imine (C=N–C) groups is 1. The molecule has 0 radical (unpaired) electrons. The molecule has 0 amide bonds. The minimum absolute atomic E-state index is 0.0904. The van der Waals surface area contributed by atoms with E-state index in [2.05, 4.69) is 25.9 Å². The highest BCUT2D eigenvalue weighted by Crippen LogP contribution is 2.37. The van der Waals surface area contributed by atoms with Gasteiger partial charge in [-0.1, -0.05) is 12.1 Å². The van der Waals surface area contributed by atoms with Gasteiger partial charge in [0.2, 0.25) is 5.78 Å². The fraction of sp³-hybridized carbons (Fsp3) is 0. The van der Waals surface area contributed by atoms with Gasteiger partial charge in [-0.2, -0.15) is 0 Å². The van der Waals surface area contributed by atoms with E-state index in [1.165, 1.54) is 0 Å². The van der Waals surface area contributed by atoms with Crippen LogP contribution in [0.25, 0.3) is 10.9 Å². The van der Waals surface area contributed by atoms with Crippen molar-refractivity contribution in [2.45, 2.75) is 0 Å². The lowest BCUT2D eigenvalue weighted by Gasteiger charge is -2.01.